The van der Waals surface area contributed by atoms with Gasteiger partial charge in [-0.05, 0) is 32.3 Å². The Morgan fingerprint density at radius 3 is 2.05 bits per heavy atom. The third kappa shape index (κ3) is 3.18. The second kappa shape index (κ2) is 6.06. The molecule has 19 heavy (non-hydrogen) atoms. The van der Waals surface area contributed by atoms with Crippen molar-refractivity contribution in [3.63, 3.8) is 0 Å². The molecule has 1 aromatic carbocycles. The highest BCUT2D eigenvalue weighted by Crippen LogP contribution is 2.44. The van der Waals surface area contributed by atoms with Crippen LogP contribution in [0.2, 0.25) is 0 Å². The Bertz CT molecular complexity index is 399. The number of nitrogens with two attached hydrogens (primary N) is 1. The standard InChI is InChI=1S/C17H27NO/c1-13-9-14(2)11-15(10-13)16(19)17(12-18)7-5-3-4-6-8-17/h9-11,16,19H,3-8,12,18H2,1-2H3. The molecular weight excluding hydrogens is 234 g/mol. The molecule has 2 heteroatoms. The van der Waals surface area contributed by atoms with E-state index in [0.717, 1.165) is 18.4 Å². The van der Waals surface area contributed by atoms with E-state index in [0.29, 0.717) is 6.54 Å². The SMILES string of the molecule is Cc1cc(C)cc(C(O)C2(CN)CCCCCC2)c1. The van der Waals surface area contributed by atoms with Crippen LogP contribution in [0.15, 0.2) is 18.2 Å². The fourth-order valence-electron chi connectivity index (χ4n) is 3.54. The number of rotatable bonds is 3. The summed E-state index contributed by atoms with van der Waals surface area (Å²) in [5.74, 6) is 0. The first-order valence-electron chi connectivity index (χ1n) is 7.54. The van der Waals surface area contributed by atoms with E-state index in [1.165, 1.54) is 36.8 Å². The molecule has 0 radical (unpaired) electrons. The first-order chi connectivity index (χ1) is 9.07. The molecule has 1 aromatic rings. The van der Waals surface area contributed by atoms with Crippen molar-refractivity contribution in [2.24, 2.45) is 11.1 Å². The van der Waals surface area contributed by atoms with Gasteiger partial charge in [-0.2, -0.15) is 0 Å². The molecule has 0 bridgehead atoms. The van der Waals surface area contributed by atoms with Gasteiger partial charge < -0.3 is 10.8 Å². The number of aryl methyl sites for hydroxylation is 2. The molecule has 0 saturated heterocycles. The van der Waals surface area contributed by atoms with Crippen molar-refractivity contribution in [2.75, 3.05) is 6.54 Å². The lowest BCUT2D eigenvalue weighted by atomic mass is 9.73. The molecule has 0 spiro atoms. The summed E-state index contributed by atoms with van der Waals surface area (Å²) in [5, 5.41) is 10.9. The molecule has 2 rings (SSSR count). The zero-order valence-corrected chi connectivity index (χ0v) is 12.3. The van der Waals surface area contributed by atoms with Crippen LogP contribution in [0.3, 0.4) is 0 Å². The predicted molar refractivity (Wildman–Crippen MR) is 80.1 cm³/mol. The molecule has 3 N–H and O–H groups in total. The average molecular weight is 261 g/mol. The molecule has 106 valence electrons. The van der Waals surface area contributed by atoms with Crippen LogP contribution in [-0.4, -0.2) is 11.7 Å². The van der Waals surface area contributed by atoms with Crippen molar-refractivity contribution >= 4 is 0 Å². The Balaban J connectivity index is 2.30. The largest absolute Gasteiger partial charge is 0.388 e. The fourth-order valence-corrected chi connectivity index (χ4v) is 3.54. The normalized spacial score (nSPS) is 20.8. The van der Waals surface area contributed by atoms with Crippen LogP contribution in [0.5, 0.6) is 0 Å². The monoisotopic (exact) mass is 261 g/mol. The minimum Gasteiger partial charge on any atom is -0.388 e. The van der Waals surface area contributed by atoms with E-state index < -0.39 is 6.10 Å². The van der Waals surface area contributed by atoms with Crippen LogP contribution < -0.4 is 5.73 Å². The summed E-state index contributed by atoms with van der Waals surface area (Å²) in [6, 6.07) is 6.37. The molecule has 1 fully saturated rings. The van der Waals surface area contributed by atoms with E-state index in [2.05, 4.69) is 32.0 Å². The zero-order chi connectivity index (χ0) is 13.9. The molecule has 0 aromatic heterocycles. The maximum absolute atomic E-state index is 10.9. The Morgan fingerprint density at radius 2 is 1.58 bits per heavy atom. The summed E-state index contributed by atoms with van der Waals surface area (Å²) in [7, 11) is 0. The van der Waals surface area contributed by atoms with Crippen molar-refractivity contribution in [2.45, 2.75) is 58.5 Å². The van der Waals surface area contributed by atoms with Gasteiger partial charge in [0.1, 0.15) is 0 Å². The number of benzene rings is 1. The fraction of sp³-hybridized carbons (Fsp3) is 0.647. The Morgan fingerprint density at radius 1 is 1.05 bits per heavy atom. The lowest BCUT2D eigenvalue weighted by molar-refractivity contribution is 0.0166. The molecule has 0 aliphatic heterocycles. The van der Waals surface area contributed by atoms with Crippen molar-refractivity contribution in [3.8, 4) is 0 Å². The molecule has 1 unspecified atom stereocenters. The summed E-state index contributed by atoms with van der Waals surface area (Å²) >= 11 is 0. The Labute approximate surface area is 117 Å². The van der Waals surface area contributed by atoms with Crippen LogP contribution in [0.25, 0.3) is 0 Å². The predicted octanol–water partition coefficient (Wildman–Crippen LogP) is 3.64. The van der Waals surface area contributed by atoms with Crippen LogP contribution in [-0.2, 0) is 0 Å². The topological polar surface area (TPSA) is 46.2 Å². The van der Waals surface area contributed by atoms with Gasteiger partial charge in [-0.25, -0.2) is 0 Å². The number of aliphatic hydroxyl groups excluding tert-OH is 1. The highest BCUT2D eigenvalue weighted by Gasteiger charge is 2.37. The Hall–Kier alpha value is -0.860. The quantitative estimate of drug-likeness (QED) is 0.816. The molecular formula is C17H27NO. The van der Waals surface area contributed by atoms with Gasteiger partial charge in [0, 0.05) is 12.0 Å². The molecule has 1 atom stereocenters. The minimum absolute atomic E-state index is 0.114. The first kappa shape index (κ1) is 14.5. The number of hydrogen-bond donors (Lipinski definition) is 2. The smallest absolute Gasteiger partial charge is 0.0858 e. The maximum atomic E-state index is 10.9. The zero-order valence-electron chi connectivity index (χ0n) is 12.3. The summed E-state index contributed by atoms with van der Waals surface area (Å²) in [5.41, 5.74) is 9.43. The van der Waals surface area contributed by atoms with Gasteiger partial charge in [-0.1, -0.05) is 55.0 Å². The van der Waals surface area contributed by atoms with Crippen LogP contribution in [0, 0.1) is 19.3 Å². The van der Waals surface area contributed by atoms with Gasteiger partial charge in [0.05, 0.1) is 6.10 Å². The molecule has 2 nitrogen and oxygen atoms in total. The third-order valence-electron chi connectivity index (χ3n) is 4.65. The van der Waals surface area contributed by atoms with Gasteiger partial charge in [-0.15, -0.1) is 0 Å². The molecule has 1 aliphatic rings. The lowest BCUT2D eigenvalue weighted by Crippen LogP contribution is -2.36. The van der Waals surface area contributed by atoms with Gasteiger partial charge in [0.15, 0.2) is 0 Å². The van der Waals surface area contributed by atoms with Crippen LogP contribution >= 0.6 is 0 Å². The molecule has 1 aliphatic carbocycles. The van der Waals surface area contributed by atoms with Crippen molar-refractivity contribution in [1.82, 2.24) is 0 Å². The lowest BCUT2D eigenvalue weighted by Gasteiger charge is -2.37. The first-order valence-corrected chi connectivity index (χ1v) is 7.54. The van der Waals surface area contributed by atoms with Crippen molar-refractivity contribution in [1.29, 1.82) is 0 Å². The summed E-state index contributed by atoms with van der Waals surface area (Å²) in [6.45, 7) is 4.76. The average Bonchev–Trinajstić information content (AvgIpc) is 2.63. The molecule has 0 amide bonds. The second-order valence-electron chi connectivity index (χ2n) is 6.30. The summed E-state index contributed by atoms with van der Waals surface area (Å²) < 4.78 is 0. The van der Waals surface area contributed by atoms with E-state index in [9.17, 15) is 5.11 Å². The van der Waals surface area contributed by atoms with Crippen molar-refractivity contribution in [3.05, 3.63) is 34.9 Å². The van der Waals surface area contributed by atoms with Crippen molar-refractivity contribution < 1.29 is 5.11 Å². The highest BCUT2D eigenvalue weighted by molar-refractivity contribution is 5.31. The van der Waals surface area contributed by atoms with Crippen LogP contribution in [0.1, 0.15) is 61.3 Å². The van der Waals surface area contributed by atoms with Gasteiger partial charge in [0.25, 0.3) is 0 Å². The number of aliphatic hydroxyl groups is 1. The third-order valence-corrected chi connectivity index (χ3v) is 4.65. The van der Waals surface area contributed by atoms with Crippen LogP contribution in [0.4, 0.5) is 0 Å². The summed E-state index contributed by atoms with van der Waals surface area (Å²) in [6.07, 6.45) is 6.63. The van der Waals surface area contributed by atoms with E-state index in [4.69, 9.17) is 5.73 Å². The van der Waals surface area contributed by atoms with E-state index >= 15 is 0 Å². The molecule has 0 heterocycles. The minimum atomic E-state index is -0.422. The highest BCUT2D eigenvalue weighted by atomic mass is 16.3. The van der Waals surface area contributed by atoms with Gasteiger partial charge >= 0.3 is 0 Å². The van der Waals surface area contributed by atoms with E-state index in [1.807, 2.05) is 0 Å². The van der Waals surface area contributed by atoms with Gasteiger partial charge in [0.2, 0.25) is 0 Å². The van der Waals surface area contributed by atoms with E-state index in [-0.39, 0.29) is 5.41 Å². The second-order valence-corrected chi connectivity index (χ2v) is 6.30. The van der Waals surface area contributed by atoms with Gasteiger partial charge in [-0.3, -0.25) is 0 Å². The summed E-state index contributed by atoms with van der Waals surface area (Å²) in [4.78, 5) is 0. The number of hydrogen-bond acceptors (Lipinski definition) is 2. The van der Waals surface area contributed by atoms with E-state index in [1.54, 1.807) is 0 Å². The maximum Gasteiger partial charge on any atom is 0.0858 e. The Kier molecular flexibility index (Phi) is 4.64. The molecule has 1 saturated carbocycles.